The van der Waals surface area contributed by atoms with Gasteiger partial charge in [0.2, 0.25) is 0 Å². The van der Waals surface area contributed by atoms with Gasteiger partial charge in [0.15, 0.2) is 0 Å². The van der Waals surface area contributed by atoms with Crippen LogP contribution in [0.25, 0.3) is 0 Å². The minimum absolute atomic E-state index is 0.140. The summed E-state index contributed by atoms with van der Waals surface area (Å²) < 4.78 is 1.71. The number of fused-ring (bicyclic) bond motifs is 1. The molecule has 0 fully saturated rings. The first-order valence-corrected chi connectivity index (χ1v) is 7.78. The van der Waals surface area contributed by atoms with E-state index in [9.17, 15) is 4.79 Å². The van der Waals surface area contributed by atoms with Crippen molar-refractivity contribution in [3.05, 3.63) is 39.8 Å². The molecule has 0 bridgehead atoms. The molecule has 0 amide bonds. The molecule has 1 atom stereocenters. The van der Waals surface area contributed by atoms with Gasteiger partial charge in [-0.1, -0.05) is 12.2 Å². The SMILES string of the molecule is O=c1c2c(cnn1CC1CC/C=C\CCC1)CNCC2. The summed E-state index contributed by atoms with van der Waals surface area (Å²) in [6.45, 7) is 2.47. The second-order valence-electron chi connectivity index (χ2n) is 5.91. The molecule has 0 aromatic carbocycles. The highest BCUT2D eigenvalue weighted by atomic mass is 16.1. The molecule has 1 N–H and O–H groups in total. The van der Waals surface area contributed by atoms with Crippen LogP contribution >= 0.6 is 0 Å². The Kier molecular flexibility index (Phi) is 4.31. The van der Waals surface area contributed by atoms with Crippen molar-refractivity contribution in [3.63, 3.8) is 0 Å². The van der Waals surface area contributed by atoms with Gasteiger partial charge in [0, 0.05) is 18.7 Å². The Morgan fingerprint density at radius 1 is 1.30 bits per heavy atom. The van der Waals surface area contributed by atoms with Crippen LogP contribution in [0.5, 0.6) is 0 Å². The molecule has 20 heavy (non-hydrogen) atoms. The van der Waals surface area contributed by atoms with Crippen molar-refractivity contribution in [1.82, 2.24) is 15.1 Å². The second kappa shape index (κ2) is 6.35. The third-order valence-corrected chi connectivity index (χ3v) is 4.42. The Labute approximate surface area is 119 Å². The van der Waals surface area contributed by atoms with Crippen molar-refractivity contribution in [2.45, 2.75) is 51.6 Å². The van der Waals surface area contributed by atoms with Crippen LogP contribution in [0.4, 0.5) is 0 Å². The van der Waals surface area contributed by atoms with E-state index in [0.29, 0.717) is 5.92 Å². The van der Waals surface area contributed by atoms with Crippen molar-refractivity contribution < 1.29 is 0 Å². The summed E-state index contributed by atoms with van der Waals surface area (Å²) >= 11 is 0. The number of nitrogens with one attached hydrogen (secondary N) is 1. The van der Waals surface area contributed by atoms with E-state index >= 15 is 0 Å². The molecule has 1 aromatic heterocycles. The maximum atomic E-state index is 12.5. The summed E-state index contributed by atoms with van der Waals surface area (Å²) in [5, 5.41) is 7.67. The molecule has 4 nitrogen and oxygen atoms in total. The van der Waals surface area contributed by atoms with Crippen LogP contribution < -0.4 is 10.9 Å². The maximum Gasteiger partial charge on any atom is 0.270 e. The van der Waals surface area contributed by atoms with E-state index in [1.807, 2.05) is 6.20 Å². The number of nitrogens with zero attached hydrogens (tertiary/aromatic N) is 2. The number of aromatic nitrogens is 2. The van der Waals surface area contributed by atoms with E-state index in [4.69, 9.17) is 0 Å². The molecule has 108 valence electrons. The van der Waals surface area contributed by atoms with Gasteiger partial charge in [0.1, 0.15) is 0 Å². The van der Waals surface area contributed by atoms with Crippen LogP contribution in [0.2, 0.25) is 0 Å². The van der Waals surface area contributed by atoms with Gasteiger partial charge < -0.3 is 5.32 Å². The predicted molar refractivity (Wildman–Crippen MR) is 79.6 cm³/mol. The Balaban J connectivity index is 1.77. The lowest BCUT2D eigenvalue weighted by atomic mass is 9.94. The average Bonchev–Trinajstić information content (AvgIpc) is 2.44. The summed E-state index contributed by atoms with van der Waals surface area (Å²) in [6, 6.07) is 0. The van der Waals surface area contributed by atoms with E-state index in [1.165, 1.54) is 25.7 Å². The normalized spacial score (nSPS) is 24.5. The fraction of sp³-hybridized carbons (Fsp3) is 0.625. The van der Waals surface area contributed by atoms with E-state index in [-0.39, 0.29) is 5.56 Å². The molecule has 2 aliphatic rings. The monoisotopic (exact) mass is 273 g/mol. The maximum absolute atomic E-state index is 12.5. The van der Waals surface area contributed by atoms with Crippen molar-refractivity contribution in [2.75, 3.05) is 6.54 Å². The zero-order chi connectivity index (χ0) is 13.8. The van der Waals surface area contributed by atoms with E-state index in [0.717, 1.165) is 43.6 Å². The van der Waals surface area contributed by atoms with Gasteiger partial charge in [-0.3, -0.25) is 4.79 Å². The van der Waals surface area contributed by atoms with Crippen LogP contribution in [-0.4, -0.2) is 16.3 Å². The molecule has 3 rings (SSSR count). The van der Waals surface area contributed by atoms with Crippen molar-refractivity contribution in [2.24, 2.45) is 5.92 Å². The van der Waals surface area contributed by atoms with Crippen LogP contribution in [0.3, 0.4) is 0 Å². The van der Waals surface area contributed by atoms with Crippen molar-refractivity contribution >= 4 is 0 Å². The van der Waals surface area contributed by atoms with Crippen molar-refractivity contribution in [3.8, 4) is 0 Å². The summed E-state index contributed by atoms with van der Waals surface area (Å²) in [5.74, 6) is 0.588. The smallest absolute Gasteiger partial charge is 0.270 e. The van der Waals surface area contributed by atoms with Crippen LogP contribution in [0.15, 0.2) is 23.1 Å². The minimum Gasteiger partial charge on any atom is -0.312 e. The Morgan fingerprint density at radius 2 is 2.20 bits per heavy atom. The first-order chi connectivity index (χ1) is 9.84. The fourth-order valence-electron chi connectivity index (χ4n) is 3.21. The molecular weight excluding hydrogens is 250 g/mol. The molecule has 2 heterocycles. The molecule has 1 unspecified atom stereocenters. The van der Waals surface area contributed by atoms with E-state index in [1.54, 1.807) is 4.68 Å². The molecule has 0 saturated carbocycles. The molecule has 1 aliphatic carbocycles. The largest absolute Gasteiger partial charge is 0.312 e. The fourth-order valence-corrected chi connectivity index (χ4v) is 3.21. The number of rotatable bonds is 2. The lowest BCUT2D eigenvalue weighted by Crippen LogP contribution is -2.35. The first kappa shape index (κ1) is 13.6. The zero-order valence-corrected chi connectivity index (χ0v) is 12.0. The van der Waals surface area contributed by atoms with Crippen molar-refractivity contribution in [1.29, 1.82) is 0 Å². The lowest BCUT2D eigenvalue weighted by molar-refractivity contribution is 0.350. The number of allylic oxidation sites excluding steroid dienone is 2. The Morgan fingerprint density at radius 3 is 3.15 bits per heavy atom. The average molecular weight is 273 g/mol. The van der Waals surface area contributed by atoms with E-state index < -0.39 is 0 Å². The predicted octanol–water partition coefficient (Wildman–Crippen LogP) is 2.03. The highest BCUT2D eigenvalue weighted by molar-refractivity contribution is 5.23. The topological polar surface area (TPSA) is 46.9 Å². The summed E-state index contributed by atoms with van der Waals surface area (Å²) in [6.07, 6.45) is 13.2. The molecule has 1 aliphatic heterocycles. The van der Waals surface area contributed by atoms with Gasteiger partial charge >= 0.3 is 0 Å². The Bertz CT molecular complexity index is 547. The molecule has 1 aromatic rings. The number of hydrogen-bond acceptors (Lipinski definition) is 3. The third kappa shape index (κ3) is 3.01. The van der Waals surface area contributed by atoms with Gasteiger partial charge in [-0.25, -0.2) is 4.68 Å². The van der Waals surface area contributed by atoms with Gasteiger partial charge in [0.05, 0.1) is 6.20 Å². The summed E-state index contributed by atoms with van der Waals surface area (Å²) in [4.78, 5) is 12.5. The standard InChI is InChI=1S/C16H23N3O/c20-16-15-8-9-17-10-14(15)11-18-19(16)12-13-6-4-2-1-3-5-7-13/h1-2,11,13,17H,3-10,12H2/b2-1-. The molecule has 0 spiro atoms. The van der Waals surface area contributed by atoms with Gasteiger partial charge in [-0.05, 0) is 56.6 Å². The lowest BCUT2D eigenvalue weighted by Gasteiger charge is -2.21. The van der Waals surface area contributed by atoms with E-state index in [2.05, 4.69) is 22.6 Å². The third-order valence-electron chi connectivity index (χ3n) is 4.42. The molecule has 4 heteroatoms. The Hall–Kier alpha value is -1.42. The van der Waals surface area contributed by atoms with Gasteiger partial charge in [-0.2, -0.15) is 5.10 Å². The molecular formula is C16H23N3O. The zero-order valence-electron chi connectivity index (χ0n) is 12.0. The minimum atomic E-state index is 0.140. The summed E-state index contributed by atoms with van der Waals surface area (Å²) in [7, 11) is 0. The van der Waals surface area contributed by atoms with Crippen LogP contribution in [0, 0.1) is 5.92 Å². The highest BCUT2D eigenvalue weighted by Crippen LogP contribution is 2.20. The summed E-state index contributed by atoms with van der Waals surface area (Å²) in [5.41, 5.74) is 2.20. The quantitative estimate of drug-likeness (QED) is 0.839. The number of hydrogen-bond donors (Lipinski definition) is 1. The first-order valence-electron chi connectivity index (χ1n) is 7.78. The molecule has 0 radical (unpaired) electrons. The van der Waals surface area contributed by atoms with Gasteiger partial charge in [0.25, 0.3) is 5.56 Å². The highest BCUT2D eigenvalue weighted by Gasteiger charge is 2.17. The second-order valence-corrected chi connectivity index (χ2v) is 5.91. The molecule has 0 saturated heterocycles. The van der Waals surface area contributed by atoms with Crippen LogP contribution in [0.1, 0.15) is 43.2 Å². The van der Waals surface area contributed by atoms with Gasteiger partial charge in [-0.15, -0.1) is 0 Å². The van der Waals surface area contributed by atoms with Crippen LogP contribution in [-0.2, 0) is 19.5 Å².